The molecule has 0 bridgehead atoms. The predicted octanol–water partition coefficient (Wildman–Crippen LogP) is 1.70. The summed E-state index contributed by atoms with van der Waals surface area (Å²) in [6, 6.07) is 7.62. The van der Waals surface area contributed by atoms with E-state index in [0.29, 0.717) is 18.8 Å². The van der Waals surface area contributed by atoms with Crippen LogP contribution in [-0.4, -0.2) is 29.5 Å². The summed E-state index contributed by atoms with van der Waals surface area (Å²) < 4.78 is 11.7. The Morgan fingerprint density at radius 1 is 1.45 bits per heavy atom. The highest BCUT2D eigenvalue weighted by Gasteiger charge is 2.15. The third-order valence-corrected chi connectivity index (χ3v) is 2.74. The van der Waals surface area contributed by atoms with Gasteiger partial charge >= 0.3 is 5.97 Å². The average Bonchev–Trinajstić information content (AvgIpc) is 2.80. The molecule has 0 aliphatic heterocycles. The Morgan fingerprint density at radius 2 is 2.25 bits per heavy atom. The number of carbonyl (C=O) groups is 1. The minimum Gasteiger partial charge on any atom is -0.497 e. The molecular weight excluding hydrogens is 258 g/mol. The summed E-state index contributed by atoms with van der Waals surface area (Å²) in [4.78, 5) is 11.6. The van der Waals surface area contributed by atoms with Crippen molar-refractivity contribution in [2.45, 2.75) is 13.5 Å². The van der Waals surface area contributed by atoms with Crippen molar-refractivity contribution in [2.24, 2.45) is 0 Å². The second-order valence-corrected chi connectivity index (χ2v) is 4.20. The first-order valence-corrected chi connectivity index (χ1v) is 6.27. The first-order chi connectivity index (χ1) is 9.63. The highest BCUT2D eigenvalue weighted by atomic mass is 16.5. The summed E-state index contributed by atoms with van der Waals surface area (Å²) in [5.41, 5.74) is 7.23. The van der Waals surface area contributed by atoms with Crippen LogP contribution in [0.2, 0.25) is 0 Å². The van der Waals surface area contributed by atoms with Gasteiger partial charge in [0.25, 0.3) is 0 Å². The maximum Gasteiger partial charge on any atom is 0.361 e. The van der Waals surface area contributed by atoms with Crippen LogP contribution in [0.15, 0.2) is 30.5 Å². The Kier molecular flexibility index (Phi) is 4.24. The molecular formula is C14H17N3O3. The van der Waals surface area contributed by atoms with Gasteiger partial charge in [-0.15, -0.1) is 0 Å². The molecule has 0 amide bonds. The molecule has 1 aromatic heterocycles. The summed E-state index contributed by atoms with van der Waals surface area (Å²) in [5, 5.41) is 4.16. The van der Waals surface area contributed by atoms with Gasteiger partial charge in [0.05, 0.1) is 25.9 Å². The van der Waals surface area contributed by atoms with Gasteiger partial charge in [0.15, 0.2) is 5.69 Å². The van der Waals surface area contributed by atoms with Crippen LogP contribution < -0.4 is 10.5 Å². The van der Waals surface area contributed by atoms with Gasteiger partial charge in [0.2, 0.25) is 0 Å². The Labute approximate surface area is 117 Å². The molecule has 0 aliphatic carbocycles. The number of nitrogen functional groups attached to an aromatic ring is 1. The van der Waals surface area contributed by atoms with Crippen molar-refractivity contribution in [2.75, 3.05) is 19.5 Å². The van der Waals surface area contributed by atoms with E-state index in [4.69, 9.17) is 15.2 Å². The van der Waals surface area contributed by atoms with Gasteiger partial charge in [0.1, 0.15) is 5.75 Å². The molecule has 20 heavy (non-hydrogen) atoms. The van der Waals surface area contributed by atoms with E-state index in [-0.39, 0.29) is 5.69 Å². The fraction of sp³-hybridized carbons (Fsp3) is 0.286. The molecule has 2 aromatic rings. The normalized spacial score (nSPS) is 10.3. The number of benzene rings is 1. The number of aromatic nitrogens is 2. The zero-order valence-electron chi connectivity index (χ0n) is 11.5. The fourth-order valence-electron chi connectivity index (χ4n) is 1.83. The van der Waals surface area contributed by atoms with E-state index in [1.54, 1.807) is 24.9 Å². The third kappa shape index (κ3) is 3.09. The Hall–Kier alpha value is -2.50. The molecule has 1 heterocycles. The number of nitrogens with two attached hydrogens (primary N) is 1. The van der Waals surface area contributed by atoms with Crippen molar-refractivity contribution in [1.29, 1.82) is 0 Å². The number of ether oxygens (including phenoxy) is 2. The van der Waals surface area contributed by atoms with Crippen LogP contribution in [0.1, 0.15) is 23.0 Å². The van der Waals surface area contributed by atoms with Gasteiger partial charge in [-0.2, -0.15) is 5.10 Å². The molecule has 2 rings (SSSR count). The smallest absolute Gasteiger partial charge is 0.361 e. The molecule has 0 saturated carbocycles. The number of esters is 1. The van der Waals surface area contributed by atoms with Crippen LogP contribution in [0.3, 0.4) is 0 Å². The van der Waals surface area contributed by atoms with Crippen molar-refractivity contribution in [3.05, 3.63) is 41.7 Å². The first-order valence-electron chi connectivity index (χ1n) is 6.27. The van der Waals surface area contributed by atoms with Crippen molar-refractivity contribution < 1.29 is 14.3 Å². The summed E-state index contributed by atoms with van der Waals surface area (Å²) in [5.74, 6) is 0.266. The molecule has 0 radical (unpaired) electrons. The van der Waals surface area contributed by atoms with Gasteiger partial charge in [-0.05, 0) is 24.6 Å². The van der Waals surface area contributed by atoms with Crippen molar-refractivity contribution in [3.8, 4) is 5.75 Å². The zero-order chi connectivity index (χ0) is 14.5. The van der Waals surface area contributed by atoms with Crippen LogP contribution in [-0.2, 0) is 11.3 Å². The van der Waals surface area contributed by atoms with Gasteiger partial charge in [0, 0.05) is 6.20 Å². The molecule has 0 saturated heterocycles. The highest BCUT2D eigenvalue weighted by Crippen LogP contribution is 2.16. The Balaban J connectivity index is 2.17. The molecule has 0 aliphatic rings. The second-order valence-electron chi connectivity index (χ2n) is 4.20. The number of hydrogen-bond acceptors (Lipinski definition) is 5. The summed E-state index contributed by atoms with van der Waals surface area (Å²) in [6.45, 7) is 2.53. The Bertz CT molecular complexity index is 607. The summed E-state index contributed by atoms with van der Waals surface area (Å²) in [6.07, 6.45) is 1.62. The van der Waals surface area contributed by atoms with Crippen LogP contribution in [0.5, 0.6) is 5.75 Å². The van der Waals surface area contributed by atoms with Gasteiger partial charge < -0.3 is 15.2 Å². The van der Waals surface area contributed by atoms with E-state index < -0.39 is 5.97 Å². The molecule has 0 fully saturated rings. The van der Waals surface area contributed by atoms with E-state index in [1.807, 2.05) is 24.3 Å². The number of methoxy groups -OCH3 is 1. The number of hydrogen-bond donors (Lipinski definition) is 1. The first kappa shape index (κ1) is 13.9. The van der Waals surface area contributed by atoms with E-state index in [9.17, 15) is 4.79 Å². The van der Waals surface area contributed by atoms with Crippen LogP contribution >= 0.6 is 0 Å². The molecule has 106 valence electrons. The number of carbonyl (C=O) groups excluding carboxylic acids is 1. The van der Waals surface area contributed by atoms with Crippen molar-refractivity contribution in [3.63, 3.8) is 0 Å². The largest absolute Gasteiger partial charge is 0.497 e. The lowest BCUT2D eigenvalue weighted by Gasteiger charge is -2.04. The monoisotopic (exact) mass is 275 g/mol. The number of anilines is 1. The highest BCUT2D eigenvalue weighted by molar-refractivity contribution is 5.92. The van der Waals surface area contributed by atoms with Crippen LogP contribution in [0.25, 0.3) is 0 Å². The number of rotatable bonds is 5. The van der Waals surface area contributed by atoms with E-state index in [0.717, 1.165) is 11.3 Å². The summed E-state index contributed by atoms with van der Waals surface area (Å²) >= 11 is 0. The second kappa shape index (κ2) is 6.10. The SMILES string of the molecule is CCOC(=O)c1nn(Cc2cccc(OC)c2)cc1N. The van der Waals surface area contributed by atoms with Crippen molar-refractivity contribution >= 4 is 11.7 Å². The molecule has 0 atom stereocenters. The predicted molar refractivity (Wildman–Crippen MR) is 74.7 cm³/mol. The van der Waals surface area contributed by atoms with Gasteiger partial charge in [-0.1, -0.05) is 12.1 Å². The minimum absolute atomic E-state index is 0.148. The average molecular weight is 275 g/mol. The van der Waals surface area contributed by atoms with Crippen LogP contribution in [0, 0.1) is 0 Å². The third-order valence-electron chi connectivity index (χ3n) is 2.74. The molecule has 0 unspecified atom stereocenters. The van der Waals surface area contributed by atoms with Crippen molar-refractivity contribution in [1.82, 2.24) is 9.78 Å². The van der Waals surface area contributed by atoms with E-state index in [2.05, 4.69) is 5.10 Å². The molecule has 6 nitrogen and oxygen atoms in total. The maximum absolute atomic E-state index is 11.6. The minimum atomic E-state index is -0.505. The lowest BCUT2D eigenvalue weighted by molar-refractivity contribution is 0.0519. The van der Waals surface area contributed by atoms with Gasteiger partial charge in [-0.25, -0.2) is 4.79 Å². The topological polar surface area (TPSA) is 79.4 Å². The quantitative estimate of drug-likeness (QED) is 0.840. The van der Waals surface area contributed by atoms with Crippen LogP contribution in [0.4, 0.5) is 5.69 Å². The lowest BCUT2D eigenvalue weighted by atomic mass is 10.2. The molecule has 6 heteroatoms. The maximum atomic E-state index is 11.6. The lowest BCUT2D eigenvalue weighted by Crippen LogP contribution is -2.09. The van der Waals surface area contributed by atoms with Gasteiger partial charge in [-0.3, -0.25) is 4.68 Å². The molecule has 1 aromatic carbocycles. The zero-order valence-corrected chi connectivity index (χ0v) is 11.5. The number of nitrogens with zero attached hydrogens (tertiary/aromatic N) is 2. The molecule has 2 N–H and O–H groups in total. The summed E-state index contributed by atoms with van der Waals surface area (Å²) in [7, 11) is 1.61. The molecule has 0 spiro atoms. The standard InChI is InChI=1S/C14H17N3O3/c1-3-20-14(18)13-12(15)9-17(16-13)8-10-5-4-6-11(7-10)19-2/h4-7,9H,3,8,15H2,1-2H3. The van der Waals surface area contributed by atoms with E-state index in [1.165, 1.54) is 0 Å². The fourth-order valence-corrected chi connectivity index (χ4v) is 1.83. The Morgan fingerprint density at radius 3 is 2.95 bits per heavy atom. The van der Waals surface area contributed by atoms with E-state index >= 15 is 0 Å².